The summed E-state index contributed by atoms with van der Waals surface area (Å²) in [7, 11) is -4.26. The molecule has 8 heteroatoms. The number of ether oxygens (including phenoxy) is 1. The average molecular weight is 338 g/mol. The highest BCUT2D eigenvalue weighted by molar-refractivity contribution is 7.89. The van der Waals surface area contributed by atoms with Crippen LogP contribution in [-0.4, -0.2) is 20.9 Å². The molecule has 3 N–H and O–H groups in total. The number of amides is 1. The number of para-hydroxylation sites is 2. The zero-order valence-electron chi connectivity index (χ0n) is 12.2. The van der Waals surface area contributed by atoms with Gasteiger partial charge in [0.25, 0.3) is 5.91 Å². The summed E-state index contributed by atoms with van der Waals surface area (Å²) in [5, 5.41) is 7.51. The van der Waals surface area contributed by atoms with Gasteiger partial charge in [0, 0.05) is 5.56 Å². The van der Waals surface area contributed by atoms with Gasteiger partial charge in [0.05, 0.1) is 12.3 Å². The lowest BCUT2D eigenvalue weighted by Gasteiger charge is -2.11. The first-order valence-corrected chi connectivity index (χ1v) is 8.23. The monoisotopic (exact) mass is 338 g/mol. The Morgan fingerprint density at radius 2 is 1.96 bits per heavy atom. The van der Waals surface area contributed by atoms with Crippen LogP contribution in [0.1, 0.15) is 17.3 Å². The van der Waals surface area contributed by atoms with Crippen molar-refractivity contribution < 1.29 is 22.3 Å². The van der Waals surface area contributed by atoms with E-state index in [0.717, 1.165) is 12.1 Å². The number of rotatable bonds is 5. The van der Waals surface area contributed by atoms with E-state index in [1.807, 2.05) is 0 Å². The van der Waals surface area contributed by atoms with E-state index >= 15 is 0 Å². The number of carbonyl (C=O) groups is 1. The molecule has 2 aromatic rings. The molecule has 0 aliphatic rings. The molecule has 0 aliphatic heterocycles. The van der Waals surface area contributed by atoms with Gasteiger partial charge in [-0.3, -0.25) is 4.79 Å². The maximum Gasteiger partial charge on any atom is 0.255 e. The number of hydrogen-bond donors (Lipinski definition) is 2. The molecule has 0 bridgehead atoms. The van der Waals surface area contributed by atoms with Crippen LogP contribution >= 0.6 is 0 Å². The Morgan fingerprint density at radius 3 is 2.61 bits per heavy atom. The summed E-state index contributed by atoms with van der Waals surface area (Å²) in [6, 6.07) is 9.71. The van der Waals surface area contributed by atoms with Crippen LogP contribution in [0.3, 0.4) is 0 Å². The number of primary sulfonamides is 1. The van der Waals surface area contributed by atoms with E-state index in [4.69, 9.17) is 9.88 Å². The Morgan fingerprint density at radius 1 is 1.26 bits per heavy atom. The van der Waals surface area contributed by atoms with Gasteiger partial charge in [0.2, 0.25) is 10.0 Å². The molecule has 0 spiro atoms. The smallest absolute Gasteiger partial charge is 0.255 e. The van der Waals surface area contributed by atoms with Gasteiger partial charge in [-0.15, -0.1) is 0 Å². The van der Waals surface area contributed by atoms with Crippen LogP contribution in [0.5, 0.6) is 5.75 Å². The van der Waals surface area contributed by atoms with Crippen molar-refractivity contribution >= 4 is 21.6 Å². The van der Waals surface area contributed by atoms with Crippen molar-refractivity contribution in [1.82, 2.24) is 0 Å². The molecule has 2 rings (SSSR count). The highest BCUT2D eigenvalue weighted by Gasteiger charge is 2.18. The van der Waals surface area contributed by atoms with Gasteiger partial charge in [-0.1, -0.05) is 12.1 Å². The van der Waals surface area contributed by atoms with E-state index in [1.165, 1.54) is 6.07 Å². The molecule has 6 nitrogen and oxygen atoms in total. The Balaban J connectivity index is 2.32. The molecule has 0 aromatic heterocycles. The van der Waals surface area contributed by atoms with Crippen LogP contribution in [0.25, 0.3) is 0 Å². The molecule has 0 saturated heterocycles. The maximum atomic E-state index is 13.5. The lowest BCUT2D eigenvalue weighted by Crippen LogP contribution is -2.17. The number of carbonyl (C=O) groups excluding carboxylic acids is 1. The molecule has 2 aromatic carbocycles. The quantitative estimate of drug-likeness (QED) is 0.872. The molecule has 0 aliphatic carbocycles. The van der Waals surface area contributed by atoms with Crippen molar-refractivity contribution in [2.75, 3.05) is 11.9 Å². The van der Waals surface area contributed by atoms with Gasteiger partial charge < -0.3 is 10.1 Å². The number of hydrogen-bond acceptors (Lipinski definition) is 4. The zero-order chi connectivity index (χ0) is 17.0. The molecule has 0 saturated carbocycles. The van der Waals surface area contributed by atoms with Crippen molar-refractivity contribution in [3.63, 3.8) is 0 Å². The summed E-state index contributed by atoms with van der Waals surface area (Å²) in [5.74, 6) is -1.15. The number of nitrogens with one attached hydrogen (secondary N) is 1. The standard InChI is InChI=1S/C15H15FN2O4S/c1-2-22-13-6-4-3-5-12(13)18-15(19)10-7-8-11(16)14(9-10)23(17,20)21/h3-9H,2H2,1H3,(H,18,19)(H2,17,20,21). The Hall–Kier alpha value is -2.45. The van der Waals surface area contributed by atoms with Gasteiger partial charge in [0.15, 0.2) is 0 Å². The predicted octanol–water partition coefficient (Wildman–Crippen LogP) is 2.12. The van der Waals surface area contributed by atoms with Gasteiger partial charge in [-0.25, -0.2) is 17.9 Å². The fourth-order valence-electron chi connectivity index (χ4n) is 1.91. The van der Waals surface area contributed by atoms with Crippen molar-refractivity contribution in [2.24, 2.45) is 5.14 Å². The SMILES string of the molecule is CCOc1ccccc1NC(=O)c1ccc(F)c(S(N)(=O)=O)c1. The minimum absolute atomic E-state index is 0.0401. The van der Waals surface area contributed by atoms with Crippen LogP contribution in [0.4, 0.5) is 10.1 Å². The van der Waals surface area contributed by atoms with Crippen molar-refractivity contribution in [2.45, 2.75) is 11.8 Å². The Kier molecular flexibility index (Phi) is 4.97. The lowest BCUT2D eigenvalue weighted by molar-refractivity contribution is 0.102. The summed E-state index contributed by atoms with van der Waals surface area (Å²) in [5.41, 5.74) is 0.377. The summed E-state index contributed by atoms with van der Waals surface area (Å²) >= 11 is 0. The number of halogens is 1. The van der Waals surface area contributed by atoms with E-state index in [0.29, 0.717) is 18.0 Å². The second-order valence-corrected chi connectivity index (χ2v) is 6.10. The first-order valence-electron chi connectivity index (χ1n) is 6.68. The van der Waals surface area contributed by atoms with E-state index in [9.17, 15) is 17.6 Å². The summed E-state index contributed by atoms with van der Waals surface area (Å²) < 4.78 is 41.5. The number of sulfonamides is 1. The number of anilines is 1. The molecule has 1 amide bonds. The van der Waals surface area contributed by atoms with Crippen molar-refractivity contribution in [3.05, 3.63) is 53.8 Å². The average Bonchev–Trinajstić information content (AvgIpc) is 2.48. The first kappa shape index (κ1) is 16.9. The van der Waals surface area contributed by atoms with Crippen LogP contribution in [0.2, 0.25) is 0 Å². The maximum absolute atomic E-state index is 13.5. The largest absolute Gasteiger partial charge is 0.492 e. The van der Waals surface area contributed by atoms with Crippen LogP contribution in [0.15, 0.2) is 47.4 Å². The summed E-state index contributed by atoms with van der Waals surface area (Å²) in [6.45, 7) is 2.22. The zero-order valence-corrected chi connectivity index (χ0v) is 13.1. The van der Waals surface area contributed by atoms with E-state index in [-0.39, 0.29) is 5.56 Å². The molecule has 0 radical (unpaired) electrons. The molecule has 122 valence electrons. The molecule has 0 heterocycles. The van der Waals surface area contributed by atoms with Crippen LogP contribution in [0, 0.1) is 5.82 Å². The predicted molar refractivity (Wildman–Crippen MR) is 83.3 cm³/mol. The van der Waals surface area contributed by atoms with Gasteiger partial charge in [0.1, 0.15) is 16.5 Å². The molecular weight excluding hydrogens is 323 g/mol. The van der Waals surface area contributed by atoms with E-state index in [1.54, 1.807) is 31.2 Å². The third kappa shape index (κ3) is 4.05. The number of benzene rings is 2. The first-order chi connectivity index (χ1) is 10.8. The molecular formula is C15H15FN2O4S. The van der Waals surface area contributed by atoms with Crippen molar-refractivity contribution in [1.29, 1.82) is 0 Å². The summed E-state index contributed by atoms with van der Waals surface area (Å²) in [4.78, 5) is 11.5. The third-order valence-electron chi connectivity index (χ3n) is 2.94. The van der Waals surface area contributed by atoms with Gasteiger partial charge in [-0.05, 0) is 37.3 Å². The van der Waals surface area contributed by atoms with E-state index < -0.39 is 26.6 Å². The van der Waals surface area contributed by atoms with Gasteiger partial charge in [-0.2, -0.15) is 0 Å². The lowest BCUT2D eigenvalue weighted by atomic mass is 10.2. The van der Waals surface area contributed by atoms with Gasteiger partial charge >= 0.3 is 0 Å². The van der Waals surface area contributed by atoms with Crippen LogP contribution < -0.4 is 15.2 Å². The Bertz CT molecular complexity index is 837. The fraction of sp³-hybridized carbons (Fsp3) is 0.133. The topological polar surface area (TPSA) is 98.5 Å². The second kappa shape index (κ2) is 6.76. The number of nitrogens with two attached hydrogens (primary N) is 1. The molecule has 0 unspecified atom stereocenters. The second-order valence-electron chi connectivity index (χ2n) is 4.57. The van der Waals surface area contributed by atoms with E-state index in [2.05, 4.69) is 5.32 Å². The fourth-order valence-corrected chi connectivity index (χ4v) is 2.54. The highest BCUT2D eigenvalue weighted by atomic mass is 32.2. The minimum Gasteiger partial charge on any atom is -0.492 e. The molecule has 0 atom stereocenters. The van der Waals surface area contributed by atoms with Crippen LogP contribution in [-0.2, 0) is 10.0 Å². The molecule has 23 heavy (non-hydrogen) atoms. The minimum atomic E-state index is -4.26. The highest BCUT2D eigenvalue weighted by Crippen LogP contribution is 2.24. The normalized spacial score (nSPS) is 11.1. The summed E-state index contributed by atoms with van der Waals surface area (Å²) in [6.07, 6.45) is 0. The Labute approximate surface area is 133 Å². The van der Waals surface area contributed by atoms with Crippen molar-refractivity contribution in [3.8, 4) is 5.75 Å². The molecule has 0 fully saturated rings. The third-order valence-corrected chi connectivity index (χ3v) is 3.86.